The molecule has 0 aliphatic carbocycles. The molecule has 1 rings (SSSR count). The Hall–Kier alpha value is -0.600. The van der Waals surface area contributed by atoms with Crippen molar-refractivity contribution in [3.63, 3.8) is 0 Å². The number of hydrogen-bond donors (Lipinski definition) is 1. The zero-order chi connectivity index (χ0) is 7.83. The molecule has 0 amide bonds. The maximum absolute atomic E-state index is 10.7. The van der Waals surface area contributed by atoms with E-state index in [1.807, 2.05) is 0 Å². The van der Waals surface area contributed by atoms with E-state index in [-0.39, 0.29) is 12.2 Å². The third-order valence-electron chi connectivity index (χ3n) is 1.49. The van der Waals surface area contributed by atoms with Gasteiger partial charge in [0.05, 0.1) is 17.6 Å². The van der Waals surface area contributed by atoms with E-state index in [0.29, 0.717) is 0 Å². The van der Waals surface area contributed by atoms with Crippen molar-refractivity contribution in [3.05, 3.63) is 0 Å². The summed E-state index contributed by atoms with van der Waals surface area (Å²) in [6.07, 6.45) is 0.0475. The molecule has 0 bridgehead atoms. The van der Waals surface area contributed by atoms with E-state index in [0.717, 1.165) is 0 Å². The van der Waals surface area contributed by atoms with Crippen molar-refractivity contribution in [1.29, 1.82) is 5.26 Å². The van der Waals surface area contributed by atoms with Crippen LogP contribution in [0.4, 0.5) is 0 Å². The minimum atomic E-state index is -3.14. The summed E-state index contributed by atoms with van der Waals surface area (Å²) in [5.41, 5.74) is -1.61. The monoisotopic (exact) mass is 161 g/mol. The first-order chi connectivity index (χ1) is 4.47. The van der Waals surface area contributed by atoms with E-state index in [4.69, 9.17) is 10.4 Å². The summed E-state index contributed by atoms with van der Waals surface area (Å²) in [5.74, 6) is -0.479. The summed E-state index contributed by atoms with van der Waals surface area (Å²) in [7, 11) is -3.14. The zero-order valence-corrected chi connectivity index (χ0v) is 6.06. The molecule has 10 heavy (non-hydrogen) atoms. The topological polar surface area (TPSA) is 78.2 Å². The van der Waals surface area contributed by atoms with E-state index < -0.39 is 21.2 Å². The van der Waals surface area contributed by atoms with Crippen LogP contribution < -0.4 is 0 Å². The van der Waals surface area contributed by atoms with Gasteiger partial charge >= 0.3 is 0 Å². The van der Waals surface area contributed by atoms with Gasteiger partial charge in [-0.25, -0.2) is 8.42 Å². The van der Waals surface area contributed by atoms with Crippen LogP contribution >= 0.6 is 0 Å². The Balaban J connectivity index is 2.89. The molecule has 1 aliphatic rings. The highest BCUT2D eigenvalue weighted by Crippen LogP contribution is 2.21. The second kappa shape index (κ2) is 1.94. The molecule has 4 nitrogen and oxygen atoms in total. The Morgan fingerprint density at radius 2 is 2.20 bits per heavy atom. The molecule has 1 N–H and O–H groups in total. The lowest BCUT2D eigenvalue weighted by molar-refractivity contribution is 0.127. The Morgan fingerprint density at radius 3 is 2.40 bits per heavy atom. The van der Waals surface area contributed by atoms with Crippen molar-refractivity contribution >= 4 is 9.84 Å². The number of rotatable bonds is 0. The summed E-state index contributed by atoms with van der Waals surface area (Å²) in [6, 6.07) is 1.57. The van der Waals surface area contributed by atoms with Crippen LogP contribution in [0.2, 0.25) is 0 Å². The van der Waals surface area contributed by atoms with Gasteiger partial charge in [0.25, 0.3) is 0 Å². The second-order valence-electron chi connectivity index (χ2n) is 2.49. The normalized spacial score (nSPS) is 37.2. The molecule has 1 aliphatic heterocycles. The van der Waals surface area contributed by atoms with Gasteiger partial charge in [-0.2, -0.15) is 5.26 Å². The van der Waals surface area contributed by atoms with Crippen molar-refractivity contribution in [2.24, 2.45) is 0 Å². The Kier molecular flexibility index (Phi) is 1.46. The molecule has 0 radical (unpaired) electrons. The van der Waals surface area contributed by atoms with E-state index in [2.05, 4.69) is 0 Å². The fourth-order valence-corrected chi connectivity index (χ4v) is 2.65. The van der Waals surface area contributed by atoms with Crippen LogP contribution in [-0.4, -0.2) is 30.6 Å². The molecule has 1 saturated heterocycles. The van der Waals surface area contributed by atoms with Gasteiger partial charge < -0.3 is 5.11 Å². The van der Waals surface area contributed by atoms with Gasteiger partial charge in [0.2, 0.25) is 0 Å². The van der Waals surface area contributed by atoms with Crippen LogP contribution in [0.5, 0.6) is 0 Å². The highest BCUT2D eigenvalue weighted by Gasteiger charge is 2.40. The first-order valence-electron chi connectivity index (χ1n) is 2.82. The van der Waals surface area contributed by atoms with Gasteiger partial charge in [-0.3, -0.25) is 0 Å². The molecular formula is C5H7NO3S. The molecule has 1 unspecified atom stereocenters. The number of aliphatic hydroxyl groups is 1. The maximum Gasteiger partial charge on any atom is 0.165 e. The largest absolute Gasteiger partial charge is 0.374 e. The fraction of sp³-hybridized carbons (Fsp3) is 0.800. The third kappa shape index (κ3) is 1.28. The lowest BCUT2D eigenvalue weighted by Gasteiger charge is -2.06. The quantitative estimate of drug-likeness (QED) is 0.465. The molecule has 56 valence electrons. The van der Waals surface area contributed by atoms with Crippen LogP contribution in [-0.2, 0) is 9.84 Å². The smallest absolute Gasteiger partial charge is 0.165 e. The molecule has 0 aromatic heterocycles. The zero-order valence-electron chi connectivity index (χ0n) is 5.24. The van der Waals surface area contributed by atoms with Crippen LogP contribution in [0.3, 0.4) is 0 Å². The SMILES string of the molecule is N#CC1(O)CCS(=O)(=O)C1. The molecule has 1 heterocycles. The Morgan fingerprint density at radius 1 is 1.60 bits per heavy atom. The van der Waals surface area contributed by atoms with E-state index in [9.17, 15) is 8.42 Å². The average Bonchev–Trinajstić information content (AvgIpc) is 2.08. The average molecular weight is 161 g/mol. The standard InChI is InChI=1S/C5H7NO3S/c6-3-5(7)1-2-10(8,9)4-5/h7H,1-2,4H2. The number of nitrogens with zero attached hydrogens (tertiary/aromatic N) is 1. The summed E-state index contributed by atoms with van der Waals surface area (Å²) >= 11 is 0. The molecule has 0 aromatic rings. The molecule has 1 atom stereocenters. The summed E-state index contributed by atoms with van der Waals surface area (Å²) in [4.78, 5) is 0. The molecule has 1 fully saturated rings. The Labute approximate surface area is 59.0 Å². The summed E-state index contributed by atoms with van der Waals surface area (Å²) < 4.78 is 21.4. The molecule has 0 spiro atoms. The second-order valence-corrected chi connectivity index (χ2v) is 4.67. The lowest BCUT2D eigenvalue weighted by atomic mass is 10.1. The third-order valence-corrected chi connectivity index (χ3v) is 3.24. The first kappa shape index (κ1) is 7.51. The van der Waals surface area contributed by atoms with E-state index >= 15 is 0 Å². The molecule has 0 aromatic carbocycles. The number of hydrogen-bond acceptors (Lipinski definition) is 4. The van der Waals surface area contributed by atoms with Crippen molar-refractivity contribution in [2.75, 3.05) is 11.5 Å². The fourth-order valence-electron chi connectivity index (χ4n) is 0.921. The van der Waals surface area contributed by atoms with E-state index in [1.165, 1.54) is 0 Å². The molecular weight excluding hydrogens is 154 g/mol. The van der Waals surface area contributed by atoms with Crippen molar-refractivity contribution < 1.29 is 13.5 Å². The maximum atomic E-state index is 10.7. The van der Waals surface area contributed by atoms with Crippen molar-refractivity contribution in [3.8, 4) is 6.07 Å². The van der Waals surface area contributed by atoms with Gasteiger partial charge in [0, 0.05) is 6.42 Å². The van der Waals surface area contributed by atoms with Crippen LogP contribution in [0, 0.1) is 11.3 Å². The summed E-state index contributed by atoms with van der Waals surface area (Å²) in [6.45, 7) is 0. The first-order valence-corrected chi connectivity index (χ1v) is 4.64. The van der Waals surface area contributed by atoms with Crippen LogP contribution in [0.25, 0.3) is 0 Å². The lowest BCUT2D eigenvalue weighted by Crippen LogP contribution is -2.27. The van der Waals surface area contributed by atoms with Gasteiger partial charge in [0.1, 0.15) is 0 Å². The highest BCUT2D eigenvalue weighted by molar-refractivity contribution is 7.91. The number of nitriles is 1. The minimum absolute atomic E-state index is 0.0475. The van der Waals surface area contributed by atoms with Gasteiger partial charge in [0.15, 0.2) is 15.4 Å². The van der Waals surface area contributed by atoms with Gasteiger partial charge in [-0.15, -0.1) is 0 Å². The van der Waals surface area contributed by atoms with Gasteiger partial charge in [-0.05, 0) is 0 Å². The minimum Gasteiger partial charge on any atom is -0.374 e. The van der Waals surface area contributed by atoms with Crippen LogP contribution in [0.1, 0.15) is 6.42 Å². The molecule has 0 saturated carbocycles. The van der Waals surface area contributed by atoms with Crippen molar-refractivity contribution in [2.45, 2.75) is 12.0 Å². The van der Waals surface area contributed by atoms with Gasteiger partial charge in [-0.1, -0.05) is 0 Å². The van der Waals surface area contributed by atoms with E-state index in [1.54, 1.807) is 6.07 Å². The van der Waals surface area contributed by atoms with Crippen molar-refractivity contribution in [1.82, 2.24) is 0 Å². The Bertz CT molecular complexity index is 276. The predicted octanol–water partition coefficient (Wildman–Crippen LogP) is -0.940. The molecule has 5 heteroatoms. The summed E-state index contributed by atoms with van der Waals surface area (Å²) in [5, 5.41) is 17.4. The predicted molar refractivity (Wildman–Crippen MR) is 33.8 cm³/mol. The number of sulfone groups is 1. The van der Waals surface area contributed by atoms with Crippen LogP contribution in [0.15, 0.2) is 0 Å². The highest BCUT2D eigenvalue weighted by atomic mass is 32.2.